The smallest absolute Gasteiger partial charge is 0.321 e. The van der Waals surface area contributed by atoms with Gasteiger partial charge in [0.25, 0.3) is 0 Å². The number of carbonyl (C=O) groups is 1. The van der Waals surface area contributed by atoms with Crippen molar-refractivity contribution >= 4 is 27.6 Å². The zero-order valence-corrected chi connectivity index (χ0v) is 11.5. The summed E-state index contributed by atoms with van der Waals surface area (Å²) in [6, 6.07) is 4.26. The molecule has 8 heteroatoms. The minimum absolute atomic E-state index is 0.0997. The Bertz CT molecular complexity index is 637. The number of carboxylic acids is 1. The molecule has 1 unspecified atom stereocenters. The van der Waals surface area contributed by atoms with Crippen LogP contribution in [0.4, 0.5) is 0 Å². The molecule has 1 rings (SSSR count). The highest BCUT2D eigenvalue weighted by Crippen LogP contribution is 2.22. The third-order valence-corrected chi connectivity index (χ3v) is 4.31. The van der Waals surface area contributed by atoms with Crippen LogP contribution in [0.2, 0.25) is 5.02 Å². The summed E-state index contributed by atoms with van der Waals surface area (Å²) in [5, 5.41) is 17.4. The topological polar surface area (TPSA) is 107 Å². The van der Waals surface area contributed by atoms with Gasteiger partial charge in [-0.25, -0.2) is 8.42 Å². The van der Waals surface area contributed by atoms with Gasteiger partial charge >= 0.3 is 5.97 Å². The van der Waals surface area contributed by atoms with E-state index in [0.29, 0.717) is 0 Å². The maximum absolute atomic E-state index is 12.0. The predicted molar refractivity (Wildman–Crippen MR) is 68.2 cm³/mol. The van der Waals surface area contributed by atoms with Crippen molar-refractivity contribution in [2.75, 3.05) is 0 Å². The first-order chi connectivity index (χ1) is 8.81. The standard InChI is InChI=1S/C11H11ClN2O4S/c1-2-9(11(15)16)14-19(17,18)10-4-3-7(6-13)5-8(10)12/h3-5,9,14H,2H2,1H3,(H,15,16). The number of halogens is 1. The van der Waals surface area contributed by atoms with Gasteiger partial charge in [-0.3, -0.25) is 4.79 Å². The highest BCUT2D eigenvalue weighted by Gasteiger charge is 2.25. The van der Waals surface area contributed by atoms with E-state index in [1.54, 1.807) is 6.92 Å². The van der Waals surface area contributed by atoms with Gasteiger partial charge in [0.15, 0.2) is 0 Å². The van der Waals surface area contributed by atoms with Crippen molar-refractivity contribution in [3.05, 3.63) is 28.8 Å². The van der Waals surface area contributed by atoms with Crippen molar-refractivity contribution < 1.29 is 18.3 Å². The zero-order chi connectivity index (χ0) is 14.6. The van der Waals surface area contributed by atoms with E-state index in [9.17, 15) is 13.2 Å². The third kappa shape index (κ3) is 3.67. The van der Waals surface area contributed by atoms with Gasteiger partial charge in [0.05, 0.1) is 16.7 Å². The van der Waals surface area contributed by atoms with E-state index >= 15 is 0 Å². The highest BCUT2D eigenvalue weighted by molar-refractivity contribution is 7.89. The van der Waals surface area contributed by atoms with Crippen molar-refractivity contribution in [2.24, 2.45) is 0 Å². The van der Waals surface area contributed by atoms with Crippen LogP contribution in [0.1, 0.15) is 18.9 Å². The second kappa shape index (κ2) is 6.02. The SMILES string of the molecule is CCC(NS(=O)(=O)c1ccc(C#N)cc1Cl)C(=O)O. The summed E-state index contributed by atoms with van der Waals surface area (Å²) in [6.07, 6.45) is 0.0997. The molecule has 0 aromatic heterocycles. The molecule has 0 radical (unpaired) electrons. The summed E-state index contributed by atoms with van der Waals surface area (Å²) in [4.78, 5) is 10.6. The molecule has 0 aliphatic rings. The molecule has 0 saturated heterocycles. The minimum Gasteiger partial charge on any atom is -0.480 e. The van der Waals surface area contributed by atoms with Crippen LogP contribution in [0, 0.1) is 11.3 Å². The molecule has 102 valence electrons. The van der Waals surface area contributed by atoms with E-state index in [4.69, 9.17) is 22.0 Å². The Kier molecular flexibility index (Phi) is 4.89. The van der Waals surface area contributed by atoms with Gasteiger partial charge in [-0.1, -0.05) is 18.5 Å². The van der Waals surface area contributed by atoms with Crippen molar-refractivity contribution in [1.82, 2.24) is 4.72 Å². The van der Waals surface area contributed by atoms with Gasteiger partial charge in [0.2, 0.25) is 10.0 Å². The van der Waals surface area contributed by atoms with E-state index < -0.39 is 22.0 Å². The lowest BCUT2D eigenvalue weighted by molar-refractivity contribution is -0.139. The maximum atomic E-state index is 12.0. The van der Waals surface area contributed by atoms with Crippen LogP contribution in [-0.2, 0) is 14.8 Å². The molecule has 1 aromatic carbocycles. The Hall–Kier alpha value is -1.62. The average molecular weight is 303 g/mol. The number of nitrogens with zero attached hydrogens (tertiary/aromatic N) is 1. The van der Waals surface area contributed by atoms with Crippen LogP contribution in [0.15, 0.2) is 23.1 Å². The first kappa shape index (κ1) is 15.4. The van der Waals surface area contributed by atoms with E-state index in [1.807, 2.05) is 10.8 Å². The van der Waals surface area contributed by atoms with Crippen molar-refractivity contribution in [3.63, 3.8) is 0 Å². The highest BCUT2D eigenvalue weighted by atomic mass is 35.5. The summed E-state index contributed by atoms with van der Waals surface area (Å²) in [7, 11) is -4.04. The Morgan fingerprint density at radius 1 is 1.58 bits per heavy atom. The summed E-state index contributed by atoms with van der Waals surface area (Å²) in [5.74, 6) is -1.27. The fraction of sp³-hybridized carbons (Fsp3) is 0.273. The van der Waals surface area contributed by atoms with E-state index in [2.05, 4.69) is 0 Å². The number of carboxylic acid groups (broad SMARTS) is 1. The second-order valence-electron chi connectivity index (χ2n) is 3.68. The molecule has 19 heavy (non-hydrogen) atoms. The van der Waals surface area contributed by atoms with Gasteiger partial charge in [-0.15, -0.1) is 0 Å². The fourth-order valence-corrected chi connectivity index (χ4v) is 3.16. The number of rotatable bonds is 5. The molecule has 0 amide bonds. The largest absolute Gasteiger partial charge is 0.480 e. The quantitative estimate of drug-likeness (QED) is 0.853. The molecule has 0 heterocycles. The van der Waals surface area contributed by atoms with Crippen LogP contribution < -0.4 is 4.72 Å². The molecule has 0 spiro atoms. The van der Waals surface area contributed by atoms with Crippen LogP contribution in [0.3, 0.4) is 0 Å². The fourth-order valence-electron chi connectivity index (χ4n) is 1.35. The molecule has 0 saturated carbocycles. The molecule has 1 atom stereocenters. The van der Waals surface area contributed by atoms with Gasteiger partial charge in [0, 0.05) is 0 Å². The minimum atomic E-state index is -4.04. The Balaban J connectivity index is 3.14. The van der Waals surface area contributed by atoms with Gasteiger partial charge in [-0.05, 0) is 24.6 Å². The van der Waals surface area contributed by atoms with Crippen molar-refractivity contribution in [2.45, 2.75) is 24.3 Å². The first-order valence-electron chi connectivity index (χ1n) is 5.26. The molecule has 1 aromatic rings. The number of hydrogen-bond acceptors (Lipinski definition) is 4. The Morgan fingerprint density at radius 2 is 2.21 bits per heavy atom. The molecular formula is C11H11ClN2O4S. The third-order valence-electron chi connectivity index (χ3n) is 2.35. The molecule has 0 aliphatic heterocycles. The maximum Gasteiger partial charge on any atom is 0.321 e. The number of sulfonamides is 1. The van der Waals surface area contributed by atoms with Crippen molar-refractivity contribution in [1.29, 1.82) is 5.26 Å². The summed E-state index contributed by atoms with van der Waals surface area (Å²) >= 11 is 5.78. The summed E-state index contributed by atoms with van der Waals surface area (Å²) < 4.78 is 26.0. The molecule has 0 bridgehead atoms. The predicted octanol–water partition coefficient (Wildman–Crippen LogP) is 1.35. The molecule has 2 N–H and O–H groups in total. The lowest BCUT2D eigenvalue weighted by Crippen LogP contribution is -2.40. The number of hydrogen-bond donors (Lipinski definition) is 2. The van der Waals surface area contributed by atoms with Crippen LogP contribution in [0.25, 0.3) is 0 Å². The number of benzene rings is 1. The molecule has 0 aliphatic carbocycles. The Labute approximate surface area is 115 Å². The lowest BCUT2D eigenvalue weighted by Gasteiger charge is -2.13. The van der Waals surface area contributed by atoms with Crippen LogP contribution in [-0.4, -0.2) is 25.5 Å². The van der Waals surface area contributed by atoms with Crippen molar-refractivity contribution in [3.8, 4) is 6.07 Å². The summed E-state index contributed by atoms with van der Waals surface area (Å²) in [5.41, 5.74) is 0.217. The van der Waals surface area contributed by atoms with E-state index in [-0.39, 0.29) is 21.9 Å². The molecule has 6 nitrogen and oxygen atoms in total. The Morgan fingerprint density at radius 3 is 2.63 bits per heavy atom. The first-order valence-corrected chi connectivity index (χ1v) is 7.12. The van der Waals surface area contributed by atoms with Gasteiger partial charge in [0.1, 0.15) is 10.9 Å². The lowest BCUT2D eigenvalue weighted by atomic mass is 10.2. The van der Waals surface area contributed by atoms with Crippen LogP contribution >= 0.6 is 11.6 Å². The number of nitrogens with one attached hydrogen (secondary N) is 1. The van der Waals surface area contributed by atoms with E-state index in [1.165, 1.54) is 12.1 Å². The molecular weight excluding hydrogens is 292 g/mol. The molecule has 0 fully saturated rings. The van der Waals surface area contributed by atoms with Gasteiger partial charge < -0.3 is 5.11 Å². The number of nitriles is 1. The van der Waals surface area contributed by atoms with E-state index in [0.717, 1.165) is 6.07 Å². The zero-order valence-electron chi connectivity index (χ0n) is 9.92. The second-order valence-corrected chi connectivity index (χ2v) is 5.77. The average Bonchev–Trinajstić information content (AvgIpc) is 2.35. The monoisotopic (exact) mass is 302 g/mol. The summed E-state index contributed by atoms with van der Waals surface area (Å²) in [6.45, 7) is 1.54. The van der Waals surface area contributed by atoms with Crippen LogP contribution in [0.5, 0.6) is 0 Å². The normalized spacial score (nSPS) is 12.7. The number of aliphatic carboxylic acids is 1. The van der Waals surface area contributed by atoms with Gasteiger partial charge in [-0.2, -0.15) is 9.98 Å².